The molecule has 4 bridgehead atoms. The maximum absolute atomic E-state index is 13.0. The Balaban J connectivity index is 1.16. The van der Waals surface area contributed by atoms with Crippen molar-refractivity contribution < 1.29 is 14.3 Å². The minimum absolute atomic E-state index is 0.0485. The van der Waals surface area contributed by atoms with Crippen LogP contribution in [0.5, 0.6) is 0 Å². The van der Waals surface area contributed by atoms with Gasteiger partial charge < -0.3 is 4.74 Å². The molecule has 4 fully saturated rings. The Morgan fingerprint density at radius 1 is 0.793 bits per heavy atom. The maximum Gasteiger partial charge on any atom is 0.310 e. The highest BCUT2D eigenvalue weighted by atomic mass is 16.5. The molecule has 0 unspecified atom stereocenters. The number of Topliss-reactive ketones (excluding diaryl/α,β-unsaturated/α-hetero) is 1. The summed E-state index contributed by atoms with van der Waals surface area (Å²) >= 11 is 0. The zero-order valence-electron chi connectivity index (χ0n) is 16.8. The normalized spacial score (nSPS) is 29.6. The summed E-state index contributed by atoms with van der Waals surface area (Å²) < 4.78 is 5.42. The van der Waals surface area contributed by atoms with Gasteiger partial charge in [0.25, 0.3) is 0 Å². The van der Waals surface area contributed by atoms with Gasteiger partial charge in [-0.25, -0.2) is 0 Å². The van der Waals surface area contributed by atoms with Gasteiger partial charge in [0, 0.05) is 5.41 Å². The van der Waals surface area contributed by atoms with E-state index in [0.29, 0.717) is 0 Å². The average molecular weight is 389 g/mol. The minimum Gasteiger partial charge on any atom is -0.457 e. The lowest BCUT2D eigenvalue weighted by Crippen LogP contribution is -2.51. The van der Waals surface area contributed by atoms with E-state index in [2.05, 4.69) is 12.1 Å². The fourth-order valence-electron chi connectivity index (χ4n) is 6.41. The molecule has 2 aromatic carbocycles. The SMILES string of the molecule is O=C(Cc1ccc(-c2ccccc2)cc1)OCC(=O)C12CC3CC(CC(C3)C1)C2. The molecular formula is C26H28O3. The molecule has 0 saturated heterocycles. The molecule has 29 heavy (non-hydrogen) atoms. The van der Waals surface area contributed by atoms with Crippen molar-refractivity contribution in [2.45, 2.75) is 44.9 Å². The van der Waals surface area contributed by atoms with Crippen LogP contribution in [0.3, 0.4) is 0 Å². The van der Waals surface area contributed by atoms with Crippen LogP contribution in [0.1, 0.15) is 44.1 Å². The number of hydrogen-bond donors (Lipinski definition) is 0. The first-order valence-corrected chi connectivity index (χ1v) is 10.9. The number of carbonyl (C=O) groups is 2. The number of ketones is 1. The highest BCUT2D eigenvalue weighted by Crippen LogP contribution is 2.60. The molecule has 4 saturated carbocycles. The Labute approximate surface area is 172 Å². The molecule has 4 aliphatic rings. The molecule has 0 aliphatic heterocycles. The molecule has 6 rings (SSSR count). The number of rotatable bonds is 6. The second-order valence-electron chi connectivity index (χ2n) is 9.52. The lowest BCUT2D eigenvalue weighted by molar-refractivity contribution is -0.157. The van der Waals surface area contributed by atoms with Gasteiger partial charge in [0.05, 0.1) is 6.42 Å². The van der Waals surface area contributed by atoms with Gasteiger partial charge in [-0.15, -0.1) is 0 Å². The number of esters is 1. The summed E-state index contributed by atoms with van der Waals surface area (Å²) in [5, 5.41) is 0. The van der Waals surface area contributed by atoms with Crippen molar-refractivity contribution in [1.29, 1.82) is 0 Å². The predicted molar refractivity (Wildman–Crippen MR) is 112 cm³/mol. The van der Waals surface area contributed by atoms with Crippen LogP contribution < -0.4 is 0 Å². The molecule has 150 valence electrons. The Kier molecular flexibility index (Phi) is 4.77. The summed E-state index contributed by atoms with van der Waals surface area (Å²) in [6, 6.07) is 18.1. The van der Waals surface area contributed by atoms with Crippen molar-refractivity contribution in [3.05, 3.63) is 60.2 Å². The van der Waals surface area contributed by atoms with E-state index in [0.717, 1.165) is 53.7 Å². The molecule has 2 aromatic rings. The van der Waals surface area contributed by atoms with E-state index >= 15 is 0 Å². The van der Waals surface area contributed by atoms with Crippen molar-refractivity contribution in [2.75, 3.05) is 6.61 Å². The molecule has 0 amide bonds. The fraction of sp³-hybridized carbons (Fsp3) is 0.462. The highest BCUT2D eigenvalue weighted by molar-refractivity contribution is 5.88. The van der Waals surface area contributed by atoms with E-state index in [9.17, 15) is 9.59 Å². The second-order valence-corrected chi connectivity index (χ2v) is 9.52. The molecule has 0 atom stereocenters. The van der Waals surface area contributed by atoms with E-state index in [4.69, 9.17) is 4.74 Å². The number of ether oxygens (including phenoxy) is 1. The van der Waals surface area contributed by atoms with Crippen LogP contribution in [0.2, 0.25) is 0 Å². The van der Waals surface area contributed by atoms with Gasteiger partial charge in [-0.2, -0.15) is 0 Å². The molecule has 3 nitrogen and oxygen atoms in total. The predicted octanol–water partition coefficient (Wildman–Crippen LogP) is 5.22. The average Bonchev–Trinajstić information content (AvgIpc) is 2.72. The third kappa shape index (κ3) is 3.75. The first-order chi connectivity index (χ1) is 14.1. The Morgan fingerprint density at radius 3 is 1.93 bits per heavy atom. The Morgan fingerprint density at radius 2 is 1.34 bits per heavy atom. The van der Waals surface area contributed by atoms with Crippen LogP contribution in [0.4, 0.5) is 0 Å². The molecule has 0 radical (unpaired) electrons. The largest absolute Gasteiger partial charge is 0.457 e. The lowest BCUT2D eigenvalue weighted by atomic mass is 9.48. The number of carbonyl (C=O) groups excluding carboxylic acids is 2. The molecule has 4 aliphatic carbocycles. The first kappa shape index (κ1) is 18.6. The van der Waals surface area contributed by atoms with Crippen LogP contribution >= 0.6 is 0 Å². The van der Waals surface area contributed by atoms with Gasteiger partial charge in [0.15, 0.2) is 12.4 Å². The van der Waals surface area contributed by atoms with Crippen LogP contribution in [-0.2, 0) is 20.7 Å². The first-order valence-electron chi connectivity index (χ1n) is 10.9. The van der Waals surface area contributed by atoms with Gasteiger partial charge in [-0.1, -0.05) is 54.6 Å². The highest BCUT2D eigenvalue weighted by Gasteiger charge is 2.54. The van der Waals surface area contributed by atoms with Gasteiger partial charge in [0.2, 0.25) is 0 Å². The van der Waals surface area contributed by atoms with Crippen molar-refractivity contribution in [1.82, 2.24) is 0 Å². The standard InChI is InChI=1S/C26H28O3/c27-24(26-14-19-10-20(15-26)12-21(11-19)16-26)17-29-25(28)13-18-6-8-23(9-7-18)22-4-2-1-3-5-22/h1-9,19-21H,10-17H2. The zero-order valence-corrected chi connectivity index (χ0v) is 16.8. The molecule has 0 aromatic heterocycles. The minimum atomic E-state index is -0.310. The van der Waals surface area contributed by atoms with Crippen LogP contribution in [0.25, 0.3) is 11.1 Å². The molecule has 3 heteroatoms. The Hall–Kier alpha value is -2.42. The van der Waals surface area contributed by atoms with Crippen LogP contribution in [0.15, 0.2) is 54.6 Å². The number of benzene rings is 2. The van der Waals surface area contributed by atoms with E-state index in [1.807, 2.05) is 42.5 Å². The van der Waals surface area contributed by atoms with Gasteiger partial charge in [-0.3, -0.25) is 9.59 Å². The van der Waals surface area contributed by atoms with Crippen LogP contribution in [0, 0.1) is 23.2 Å². The summed E-state index contributed by atoms with van der Waals surface area (Å²) in [6.07, 6.45) is 7.22. The van der Waals surface area contributed by atoms with E-state index in [1.165, 1.54) is 19.3 Å². The van der Waals surface area contributed by atoms with Gasteiger partial charge in [-0.05, 0) is 73.0 Å². The van der Waals surface area contributed by atoms with Gasteiger partial charge >= 0.3 is 5.97 Å². The number of hydrogen-bond acceptors (Lipinski definition) is 3. The lowest BCUT2D eigenvalue weighted by Gasteiger charge is -2.55. The quantitative estimate of drug-likeness (QED) is 0.637. The molecule has 0 heterocycles. The topological polar surface area (TPSA) is 43.4 Å². The summed E-state index contributed by atoms with van der Waals surface area (Å²) in [5.41, 5.74) is 3.01. The molecule has 0 spiro atoms. The Bertz CT molecular complexity index is 862. The third-order valence-electron chi connectivity index (χ3n) is 7.40. The van der Waals surface area contributed by atoms with Crippen molar-refractivity contribution >= 4 is 11.8 Å². The summed E-state index contributed by atoms with van der Waals surface area (Å²) in [6.45, 7) is -0.0485. The van der Waals surface area contributed by atoms with E-state index in [1.54, 1.807) is 0 Å². The maximum atomic E-state index is 13.0. The van der Waals surface area contributed by atoms with Crippen LogP contribution in [-0.4, -0.2) is 18.4 Å². The van der Waals surface area contributed by atoms with E-state index < -0.39 is 0 Å². The zero-order chi connectivity index (χ0) is 19.8. The summed E-state index contributed by atoms with van der Waals surface area (Å²) in [7, 11) is 0. The van der Waals surface area contributed by atoms with Crippen molar-refractivity contribution in [3.8, 4) is 11.1 Å². The third-order valence-corrected chi connectivity index (χ3v) is 7.40. The van der Waals surface area contributed by atoms with Crippen molar-refractivity contribution in [3.63, 3.8) is 0 Å². The fourth-order valence-corrected chi connectivity index (χ4v) is 6.41. The monoisotopic (exact) mass is 388 g/mol. The summed E-state index contributed by atoms with van der Waals surface area (Å²) in [5.74, 6) is 2.04. The van der Waals surface area contributed by atoms with E-state index in [-0.39, 0.29) is 30.2 Å². The van der Waals surface area contributed by atoms with Crippen molar-refractivity contribution in [2.24, 2.45) is 23.2 Å². The second kappa shape index (κ2) is 7.44. The smallest absolute Gasteiger partial charge is 0.310 e. The molecule has 0 N–H and O–H groups in total. The summed E-state index contributed by atoms with van der Waals surface area (Å²) in [4.78, 5) is 25.3. The molecular weight excluding hydrogens is 360 g/mol. The van der Waals surface area contributed by atoms with Gasteiger partial charge in [0.1, 0.15) is 0 Å².